The molecule has 0 heterocycles. The number of hydrogen-bond acceptors (Lipinski definition) is 1. The topological polar surface area (TPSA) is 88.8 Å². The van der Waals surface area contributed by atoms with E-state index in [1.54, 1.807) is 0 Å². The summed E-state index contributed by atoms with van der Waals surface area (Å²) in [7, 11) is 1.46. The Kier molecular flexibility index (Phi) is 4.07. The van der Waals surface area contributed by atoms with Crippen LogP contribution in [-0.4, -0.2) is 19.0 Å². The van der Waals surface area contributed by atoms with Crippen LogP contribution >= 0.6 is 11.6 Å². The molecule has 1 rings (SSSR count). The summed E-state index contributed by atoms with van der Waals surface area (Å²) in [5.74, 6) is -0.564. The molecule has 0 fully saturated rings. The van der Waals surface area contributed by atoms with Gasteiger partial charge in [0.1, 0.15) is 5.82 Å². The van der Waals surface area contributed by atoms with Gasteiger partial charge in [-0.3, -0.25) is 4.99 Å². The van der Waals surface area contributed by atoms with Crippen LogP contribution in [0.15, 0.2) is 28.2 Å². The van der Waals surface area contributed by atoms with Gasteiger partial charge in [0.2, 0.25) is 11.9 Å². The predicted octanol–water partition coefficient (Wildman–Crippen LogP) is 1.15. The lowest BCUT2D eigenvalue weighted by atomic mass is 10.3. The molecule has 0 bridgehead atoms. The Hall–Kier alpha value is -1.82. The van der Waals surface area contributed by atoms with E-state index in [4.69, 9.17) is 23.1 Å². The summed E-state index contributed by atoms with van der Waals surface area (Å²) in [6, 6.07) is 4.03. The Labute approximate surface area is 97.0 Å². The van der Waals surface area contributed by atoms with Gasteiger partial charge in [0.15, 0.2) is 0 Å². The predicted molar refractivity (Wildman–Crippen MR) is 64.2 cm³/mol. The summed E-state index contributed by atoms with van der Waals surface area (Å²) in [6.07, 6.45) is 0. The fourth-order valence-electron chi connectivity index (χ4n) is 0.933. The molecule has 86 valence electrons. The zero-order valence-corrected chi connectivity index (χ0v) is 9.29. The summed E-state index contributed by atoms with van der Waals surface area (Å²) in [5.41, 5.74) is 10.9. The van der Waals surface area contributed by atoms with Crippen LogP contribution < -0.4 is 16.8 Å². The molecule has 7 heteroatoms. The minimum Gasteiger partial charge on any atom is -0.369 e. The average Bonchev–Trinajstić information content (AvgIpc) is 2.23. The van der Waals surface area contributed by atoms with Crippen molar-refractivity contribution in [3.8, 4) is 0 Å². The largest absolute Gasteiger partial charge is 0.369 e. The van der Waals surface area contributed by atoms with E-state index in [0.717, 1.165) is 0 Å². The number of halogens is 2. The summed E-state index contributed by atoms with van der Waals surface area (Å²) < 4.78 is 13.3. The Morgan fingerprint density at radius 1 is 1.44 bits per heavy atom. The zero-order valence-electron chi connectivity index (χ0n) is 8.54. The van der Waals surface area contributed by atoms with Crippen molar-refractivity contribution < 1.29 is 4.39 Å². The average molecular weight is 244 g/mol. The fraction of sp³-hybridized carbons (Fsp3) is 0.111. The molecule has 0 aromatic heterocycles. The molecule has 0 radical (unpaired) electrons. The number of guanidine groups is 2. The highest BCUT2D eigenvalue weighted by Gasteiger charge is 2.04. The normalized spacial score (nSPS) is 12.7. The van der Waals surface area contributed by atoms with E-state index >= 15 is 0 Å². The number of anilines is 1. The van der Waals surface area contributed by atoms with Gasteiger partial charge in [-0.1, -0.05) is 11.6 Å². The summed E-state index contributed by atoms with van der Waals surface area (Å²) in [4.78, 5) is 7.24. The first kappa shape index (κ1) is 12.3. The highest BCUT2D eigenvalue weighted by atomic mass is 35.5. The van der Waals surface area contributed by atoms with E-state index in [9.17, 15) is 4.39 Å². The molecule has 1 aromatic carbocycles. The molecule has 0 saturated heterocycles. The van der Waals surface area contributed by atoms with Gasteiger partial charge in [0.25, 0.3) is 0 Å². The number of benzene rings is 1. The van der Waals surface area contributed by atoms with E-state index in [1.165, 1.54) is 25.2 Å². The molecule has 0 aliphatic carbocycles. The molecule has 0 atom stereocenters. The molecular formula is C9H11ClFN5. The number of hydrogen-bond donors (Lipinski definition) is 3. The lowest BCUT2D eigenvalue weighted by molar-refractivity contribution is 0.632. The number of aliphatic imine (C=N–C) groups is 2. The molecule has 5 N–H and O–H groups in total. The molecule has 0 amide bonds. The van der Waals surface area contributed by atoms with Crippen molar-refractivity contribution in [3.63, 3.8) is 0 Å². The Bertz CT molecular complexity index is 444. The molecule has 0 aliphatic heterocycles. The third kappa shape index (κ3) is 3.39. The van der Waals surface area contributed by atoms with Crippen molar-refractivity contribution in [2.45, 2.75) is 0 Å². The highest BCUT2D eigenvalue weighted by molar-refractivity contribution is 6.30. The van der Waals surface area contributed by atoms with Crippen molar-refractivity contribution in [1.29, 1.82) is 0 Å². The first-order chi connectivity index (χ1) is 7.52. The van der Waals surface area contributed by atoms with Crippen molar-refractivity contribution >= 4 is 29.2 Å². The third-order valence-electron chi connectivity index (χ3n) is 1.66. The van der Waals surface area contributed by atoms with Crippen LogP contribution in [-0.2, 0) is 0 Å². The summed E-state index contributed by atoms with van der Waals surface area (Å²) in [5, 5.41) is 2.91. The molecule has 0 spiro atoms. The van der Waals surface area contributed by atoms with Gasteiger partial charge in [-0.05, 0) is 18.2 Å². The van der Waals surface area contributed by atoms with Gasteiger partial charge >= 0.3 is 0 Å². The van der Waals surface area contributed by atoms with Gasteiger partial charge in [-0.25, -0.2) is 4.39 Å². The second-order valence-electron chi connectivity index (χ2n) is 2.83. The van der Waals surface area contributed by atoms with Crippen LogP contribution in [0.25, 0.3) is 0 Å². The Morgan fingerprint density at radius 3 is 2.75 bits per heavy atom. The van der Waals surface area contributed by atoms with Gasteiger partial charge < -0.3 is 16.8 Å². The van der Waals surface area contributed by atoms with Crippen LogP contribution in [0.1, 0.15) is 0 Å². The molecular weight excluding hydrogens is 233 g/mol. The number of rotatable bonds is 1. The Morgan fingerprint density at radius 2 is 2.12 bits per heavy atom. The lowest BCUT2D eigenvalue weighted by Gasteiger charge is -2.06. The number of nitrogens with two attached hydrogens (primary N) is 2. The van der Waals surface area contributed by atoms with E-state index < -0.39 is 5.82 Å². The maximum absolute atomic E-state index is 13.3. The van der Waals surface area contributed by atoms with E-state index in [0.29, 0.717) is 5.02 Å². The molecule has 16 heavy (non-hydrogen) atoms. The minimum absolute atomic E-state index is 0.00700. The second kappa shape index (κ2) is 5.32. The van der Waals surface area contributed by atoms with Gasteiger partial charge in [-0.2, -0.15) is 4.99 Å². The Balaban J connectivity index is 2.88. The van der Waals surface area contributed by atoms with Crippen LogP contribution in [0.4, 0.5) is 10.1 Å². The summed E-state index contributed by atoms with van der Waals surface area (Å²) >= 11 is 5.70. The second-order valence-corrected chi connectivity index (χ2v) is 3.26. The van der Waals surface area contributed by atoms with Crippen LogP contribution in [0.5, 0.6) is 0 Å². The summed E-state index contributed by atoms with van der Waals surface area (Å²) in [6.45, 7) is 0. The van der Waals surface area contributed by atoms with Gasteiger partial charge in [-0.15, -0.1) is 0 Å². The van der Waals surface area contributed by atoms with Gasteiger partial charge in [0, 0.05) is 12.1 Å². The highest BCUT2D eigenvalue weighted by Crippen LogP contribution is 2.18. The molecule has 0 saturated carbocycles. The first-order valence-electron chi connectivity index (χ1n) is 4.31. The van der Waals surface area contributed by atoms with Crippen LogP contribution in [0.3, 0.4) is 0 Å². The van der Waals surface area contributed by atoms with Crippen molar-refractivity contribution in [2.24, 2.45) is 21.5 Å². The fourth-order valence-corrected chi connectivity index (χ4v) is 1.10. The standard InChI is InChI=1S/C9H11ClFN5/c1-14-8(12)16-9(13)15-7-4-5(10)2-3-6(7)11/h2-4H,1H3,(H5,12,13,14,15,16). The lowest BCUT2D eigenvalue weighted by Crippen LogP contribution is -2.26. The van der Waals surface area contributed by atoms with Crippen molar-refractivity contribution in [1.82, 2.24) is 0 Å². The molecule has 0 aliphatic rings. The smallest absolute Gasteiger partial charge is 0.218 e. The first-order valence-corrected chi connectivity index (χ1v) is 4.69. The van der Waals surface area contributed by atoms with Crippen LogP contribution in [0, 0.1) is 5.82 Å². The van der Waals surface area contributed by atoms with Gasteiger partial charge in [0.05, 0.1) is 5.69 Å². The zero-order chi connectivity index (χ0) is 12.1. The van der Waals surface area contributed by atoms with Crippen LogP contribution in [0.2, 0.25) is 5.02 Å². The number of nitrogens with zero attached hydrogens (tertiary/aromatic N) is 2. The third-order valence-corrected chi connectivity index (χ3v) is 1.89. The van der Waals surface area contributed by atoms with E-state index in [1.807, 2.05) is 0 Å². The quantitative estimate of drug-likeness (QED) is 0.511. The molecule has 0 unspecified atom stereocenters. The molecule has 5 nitrogen and oxygen atoms in total. The maximum Gasteiger partial charge on any atom is 0.218 e. The maximum atomic E-state index is 13.3. The van der Waals surface area contributed by atoms with Crippen molar-refractivity contribution in [3.05, 3.63) is 29.0 Å². The number of nitrogens with one attached hydrogen (secondary N) is 1. The SMILES string of the molecule is CN=C(N)/N=C(\N)Nc1cc(Cl)ccc1F. The molecule has 1 aromatic rings. The monoisotopic (exact) mass is 243 g/mol. The van der Waals surface area contributed by atoms with Crippen molar-refractivity contribution in [2.75, 3.05) is 12.4 Å². The van der Waals surface area contributed by atoms with E-state index in [-0.39, 0.29) is 17.6 Å². The minimum atomic E-state index is -0.491. The van der Waals surface area contributed by atoms with E-state index in [2.05, 4.69) is 15.3 Å².